The summed E-state index contributed by atoms with van der Waals surface area (Å²) < 4.78 is 0.875. The average Bonchev–Trinajstić information content (AvgIpc) is 1.67. The van der Waals surface area contributed by atoms with Gasteiger partial charge in [0, 0.05) is 7.05 Å². The Bertz CT molecular complexity index is 66.9. The highest BCUT2D eigenvalue weighted by molar-refractivity contribution is 4.32. The lowest BCUT2D eigenvalue weighted by molar-refractivity contribution is -0.951. The average molecular weight is 117 g/mol. The van der Waals surface area contributed by atoms with E-state index >= 15 is 0 Å². The smallest absolute Gasteiger partial charge is 0.100 e. The van der Waals surface area contributed by atoms with Gasteiger partial charge in [0.15, 0.2) is 0 Å². The van der Waals surface area contributed by atoms with Gasteiger partial charge in [0.05, 0.1) is 14.1 Å². The molecule has 0 aliphatic carbocycles. The van der Waals surface area contributed by atoms with E-state index in [0.29, 0.717) is 6.04 Å². The van der Waals surface area contributed by atoms with E-state index in [-0.39, 0.29) is 0 Å². The second kappa shape index (κ2) is 2.46. The van der Waals surface area contributed by atoms with Crippen LogP contribution in [0.1, 0.15) is 13.8 Å². The number of nitrogens with zero attached hydrogens (tertiary/aromatic N) is 1. The van der Waals surface area contributed by atoms with Crippen molar-refractivity contribution in [3.8, 4) is 0 Å². The van der Waals surface area contributed by atoms with Gasteiger partial charge in [-0.2, -0.15) is 5.43 Å². The van der Waals surface area contributed by atoms with Crippen LogP contribution in [0.2, 0.25) is 0 Å². The molecule has 0 spiro atoms. The molecule has 0 saturated carbocycles. The van der Waals surface area contributed by atoms with E-state index in [4.69, 9.17) is 0 Å². The minimum Gasteiger partial charge on any atom is -0.249 e. The van der Waals surface area contributed by atoms with Crippen LogP contribution < -0.4 is 5.43 Å². The third-order valence-electron chi connectivity index (χ3n) is 1.87. The van der Waals surface area contributed by atoms with Crippen LogP contribution in [0, 0.1) is 0 Å². The molecule has 0 bridgehead atoms. The zero-order chi connectivity index (χ0) is 6.78. The minimum atomic E-state index is 0.639. The second-order valence-corrected chi connectivity index (χ2v) is 2.86. The van der Waals surface area contributed by atoms with Gasteiger partial charge in [-0.1, -0.05) is 0 Å². The van der Waals surface area contributed by atoms with Crippen molar-refractivity contribution in [3.05, 3.63) is 0 Å². The van der Waals surface area contributed by atoms with Gasteiger partial charge >= 0.3 is 0 Å². The van der Waals surface area contributed by atoms with Gasteiger partial charge < -0.3 is 0 Å². The lowest BCUT2D eigenvalue weighted by Gasteiger charge is -2.31. The molecule has 0 heterocycles. The van der Waals surface area contributed by atoms with E-state index in [1.807, 2.05) is 7.05 Å². The fourth-order valence-corrected chi connectivity index (χ4v) is 0.258. The largest absolute Gasteiger partial charge is 0.249 e. The molecule has 0 rings (SSSR count). The van der Waals surface area contributed by atoms with Crippen molar-refractivity contribution in [1.82, 2.24) is 5.43 Å². The van der Waals surface area contributed by atoms with Crippen molar-refractivity contribution in [2.24, 2.45) is 0 Å². The van der Waals surface area contributed by atoms with Crippen molar-refractivity contribution < 1.29 is 4.59 Å². The Morgan fingerprint density at radius 2 is 1.62 bits per heavy atom. The molecule has 0 aromatic rings. The van der Waals surface area contributed by atoms with E-state index in [1.165, 1.54) is 0 Å². The van der Waals surface area contributed by atoms with Gasteiger partial charge in [-0.15, -0.1) is 0 Å². The van der Waals surface area contributed by atoms with E-state index in [2.05, 4.69) is 33.4 Å². The fourth-order valence-electron chi connectivity index (χ4n) is 0.258. The summed E-state index contributed by atoms with van der Waals surface area (Å²) in [6, 6.07) is 0.639. The molecule has 2 heteroatoms. The summed E-state index contributed by atoms with van der Waals surface area (Å²) in [6.07, 6.45) is 0. The van der Waals surface area contributed by atoms with Gasteiger partial charge in [0.2, 0.25) is 0 Å². The Kier molecular flexibility index (Phi) is 2.44. The Labute approximate surface area is 52.1 Å². The Morgan fingerprint density at radius 1 is 1.25 bits per heavy atom. The van der Waals surface area contributed by atoms with Crippen molar-refractivity contribution in [3.63, 3.8) is 0 Å². The van der Waals surface area contributed by atoms with Crippen molar-refractivity contribution in [1.29, 1.82) is 0 Å². The molecule has 2 nitrogen and oxygen atoms in total. The van der Waals surface area contributed by atoms with E-state index in [0.717, 1.165) is 4.59 Å². The summed E-state index contributed by atoms with van der Waals surface area (Å²) >= 11 is 0. The third-order valence-corrected chi connectivity index (χ3v) is 1.87. The fraction of sp³-hybridized carbons (Fsp3) is 1.00. The van der Waals surface area contributed by atoms with Crippen LogP contribution in [0.3, 0.4) is 0 Å². The van der Waals surface area contributed by atoms with E-state index in [1.54, 1.807) is 0 Å². The molecule has 1 N–H and O–H groups in total. The van der Waals surface area contributed by atoms with Crippen molar-refractivity contribution in [2.75, 3.05) is 21.1 Å². The summed E-state index contributed by atoms with van der Waals surface area (Å²) in [5.41, 5.74) is 3.18. The summed E-state index contributed by atoms with van der Waals surface area (Å²) in [6.45, 7) is 4.38. The van der Waals surface area contributed by atoms with Gasteiger partial charge in [-0.3, -0.25) is 0 Å². The summed E-state index contributed by atoms with van der Waals surface area (Å²) in [5.74, 6) is 0. The molecule has 0 aromatic carbocycles. The lowest BCUT2D eigenvalue weighted by Crippen LogP contribution is -2.54. The maximum absolute atomic E-state index is 3.18. The molecule has 0 saturated heterocycles. The number of quaternary nitrogens is 1. The van der Waals surface area contributed by atoms with Crippen LogP contribution in [-0.4, -0.2) is 31.8 Å². The van der Waals surface area contributed by atoms with Crippen LogP contribution in [-0.2, 0) is 0 Å². The first kappa shape index (κ1) is 7.92. The molecular formula is C6H17N2+. The van der Waals surface area contributed by atoms with Gasteiger partial charge in [-0.25, -0.2) is 4.59 Å². The van der Waals surface area contributed by atoms with E-state index in [9.17, 15) is 0 Å². The van der Waals surface area contributed by atoms with Crippen LogP contribution >= 0.6 is 0 Å². The first-order valence-electron chi connectivity index (χ1n) is 3.03. The maximum atomic E-state index is 3.18. The van der Waals surface area contributed by atoms with Crippen molar-refractivity contribution in [2.45, 2.75) is 19.9 Å². The maximum Gasteiger partial charge on any atom is 0.100 e. The molecule has 0 unspecified atom stereocenters. The summed E-state index contributed by atoms with van der Waals surface area (Å²) in [7, 11) is 6.26. The third kappa shape index (κ3) is 1.80. The standard InChI is InChI=1S/C6H17N2/c1-6(2)8(4,5)7-3/h6-7H,1-5H3/q+1. The van der Waals surface area contributed by atoms with Crippen LogP contribution in [0.25, 0.3) is 0 Å². The summed E-state index contributed by atoms with van der Waals surface area (Å²) in [5, 5.41) is 0. The molecular weight excluding hydrogens is 100 g/mol. The molecule has 0 atom stereocenters. The molecule has 0 radical (unpaired) electrons. The molecule has 8 heavy (non-hydrogen) atoms. The van der Waals surface area contributed by atoms with Crippen LogP contribution in [0.5, 0.6) is 0 Å². The summed E-state index contributed by atoms with van der Waals surface area (Å²) in [4.78, 5) is 0. The zero-order valence-electron chi connectivity index (χ0n) is 6.52. The number of hydrogen-bond acceptors (Lipinski definition) is 1. The lowest BCUT2D eigenvalue weighted by atomic mass is 10.3. The predicted molar refractivity (Wildman–Crippen MR) is 36.3 cm³/mol. The topological polar surface area (TPSA) is 12.0 Å². The normalized spacial score (nSPS) is 12.8. The van der Waals surface area contributed by atoms with Gasteiger partial charge in [0.1, 0.15) is 6.04 Å². The highest BCUT2D eigenvalue weighted by atomic mass is 15.6. The predicted octanol–water partition coefficient (Wildman–Crippen LogP) is 0.606. The zero-order valence-corrected chi connectivity index (χ0v) is 6.52. The first-order chi connectivity index (χ1) is 3.50. The molecule has 0 fully saturated rings. The molecule has 0 aliphatic rings. The molecule has 0 aromatic heterocycles. The highest BCUT2D eigenvalue weighted by Crippen LogP contribution is 1.97. The van der Waals surface area contributed by atoms with Gasteiger partial charge in [0.25, 0.3) is 0 Å². The number of rotatable bonds is 2. The van der Waals surface area contributed by atoms with Crippen molar-refractivity contribution >= 4 is 0 Å². The molecule has 0 aliphatic heterocycles. The Balaban J connectivity index is 3.71. The highest BCUT2D eigenvalue weighted by Gasteiger charge is 2.15. The van der Waals surface area contributed by atoms with Crippen LogP contribution in [0.4, 0.5) is 0 Å². The molecule has 50 valence electrons. The number of nitrogens with one attached hydrogen (secondary N) is 1. The Morgan fingerprint density at radius 3 is 1.62 bits per heavy atom. The monoisotopic (exact) mass is 117 g/mol. The second-order valence-electron chi connectivity index (χ2n) is 2.86. The van der Waals surface area contributed by atoms with E-state index < -0.39 is 0 Å². The first-order valence-corrected chi connectivity index (χ1v) is 3.03. The van der Waals surface area contributed by atoms with Gasteiger partial charge in [-0.05, 0) is 13.8 Å². The quantitative estimate of drug-likeness (QED) is 0.412. The SMILES string of the molecule is CN[N+](C)(C)C(C)C. The van der Waals surface area contributed by atoms with Crippen LogP contribution in [0.15, 0.2) is 0 Å². The number of hydrogen-bond donors (Lipinski definition) is 1. The Hall–Kier alpha value is -0.0800. The minimum absolute atomic E-state index is 0.639. The molecule has 0 amide bonds.